The van der Waals surface area contributed by atoms with Crippen LogP contribution in [0.2, 0.25) is 0 Å². The predicted molar refractivity (Wildman–Crippen MR) is 127 cm³/mol. The maximum absolute atomic E-state index is 12.4. The second-order valence-corrected chi connectivity index (χ2v) is 10.2. The van der Waals surface area contributed by atoms with Gasteiger partial charge in [-0.15, -0.1) is 0 Å². The molecule has 1 atom stereocenters. The van der Waals surface area contributed by atoms with Gasteiger partial charge < -0.3 is 20.1 Å². The van der Waals surface area contributed by atoms with Crippen molar-refractivity contribution in [1.29, 1.82) is 0 Å². The van der Waals surface area contributed by atoms with Gasteiger partial charge in [-0.25, -0.2) is 4.79 Å². The predicted octanol–water partition coefficient (Wildman–Crippen LogP) is 3.74. The van der Waals surface area contributed by atoms with E-state index in [1.54, 1.807) is 4.90 Å². The van der Waals surface area contributed by atoms with Crippen molar-refractivity contribution in [3.8, 4) is 0 Å². The molecule has 1 aromatic carbocycles. The summed E-state index contributed by atoms with van der Waals surface area (Å²) in [7, 11) is 0. The molecule has 3 N–H and O–H groups in total. The lowest BCUT2D eigenvalue weighted by molar-refractivity contribution is -0.138. The molecule has 1 aromatic rings. The summed E-state index contributed by atoms with van der Waals surface area (Å²) >= 11 is 0. The molecule has 7 heteroatoms. The number of aryl methyl sites for hydroxylation is 1. The monoisotopic (exact) mass is 446 g/mol. The average Bonchev–Trinajstić information content (AvgIpc) is 2.82. The summed E-state index contributed by atoms with van der Waals surface area (Å²) in [6.45, 7) is 8.65. The molecular weight excluding hydrogens is 406 g/mol. The fourth-order valence-corrected chi connectivity index (χ4v) is 4.76. The molecule has 0 spiro atoms. The molecule has 0 unspecified atom stereocenters. The normalized spacial score (nSPS) is 19.7. The number of nitrogens with one attached hydrogen (secondary N) is 1. The third kappa shape index (κ3) is 7.40. The molecule has 0 saturated carbocycles. The van der Waals surface area contributed by atoms with Crippen molar-refractivity contribution in [2.75, 3.05) is 31.6 Å². The summed E-state index contributed by atoms with van der Waals surface area (Å²) in [5.74, 6) is -0.0561. The average molecular weight is 447 g/mol. The maximum atomic E-state index is 12.4. The highest BCUT2D eigenvalue weighted by molar-refractivity contribution is 5.68. The fraction of sp³-hybridized carbons (Fsp3) is 0.680. The summed E-state index contributed by atoms with van der Waals surface area (Å²) in [5.41, 5.74) is 2.03. The lowest BCUT2D eigenvalue weighted by atomic mass is 9.88. The number of ether oxygens (including phenoxy) is 1. The van der Waals surface area contributed by atoms with Crippen LogP contribution in [0, 0.1) is 5.92 Å². The molecule has 2 aliphatic rings. The topological polar surface area (TPSA) is 84.8 Å². The zero-order valence-corrected chi connectivity index (χ0v) is 19.9. The first-order valence-electron chi connectivity index (χ1n) is 12.0. The lowest BCUT2D eigenvalue weighted by Crippen LogP contribution is -2.45. The van der Waals surface area contributed by atoms with E-state index in [-0.39, 0.29) is 18.6 Å². The Morgan fingerprint density at radius 3 is 2.56 bits per heavy atom. The van der Waals surface area contributed by atoms with Gasteiger partial charge in [0, 0.05) is 36.2 Å². The molecule has 3 rings (SSSR count). The minimum absolute atomic E-state index is 0.0517. The number of carbonyl (C=O) groups is 2. The SMILES string of the molecule is CC(C)(C)OC(=O)N1CCC(C[C@@H](CC(=O)[OH2+])N2CCCCc3ccccc3NC2)CC1. The van der Waals surface area contributed by atoms with Gasteiger partial charge in [-0.05, 0) is 76.8 Å². The molecule has 7 nitrogen and oxygen atoms in total. The molecule has 1 fully saturated rings. The third-order valence-corrected chi connectivity index (χ3v) is 6.44. The van der Waals surface area contributed by atoms with Gasteiger partial charge >= 0.3 is 12.1 Å². The van der Waals surface area contributed by atoms with Crippen LogP contribution in [0.4, 0.5) is 10.5 Å². The van der Waals surface area contributed by atoms with E-state index in [0.29, 0.717) is 25.7 Å². The van der Waals surface area contributed by atoms with Crippen LogP contribution >= 0.6 is 0 Å². The summed E-state index contributed by atoms with van der Waals surface area (Å²) in [6, 6.07) is 8.49. The van der Waals surface area contributed by atoms with Gasteiger partial charge in [0.25, 0.3) is 0 Å². The molecular formula is C25H40N3O4+. The van der Waals surface area contributed by atoms with Crippen LogP contribution in [-0.4, -0.2) is 64.9 Å². The lowest BCUT2D eigenvalue weighted by Gasteiger charge is -2.37. The van der Waals surface area contributed by atoms with Crippen LogP contribution in [0.25, 0.3) is 0 Å². The molecule has 0 bridgehead atoms. The Bertz CT molecular complexity index is 769. The number of piperidine rings is 1. The van der Waals surface area contributed by atoms with E-state index in [1.807, 2.05) is 20.8 Å². The third-order valence-electron chi connectivity index (χ3n) is 6.44. The fourth-order valence-electron chi connectivity index (χ4n) is 4.76. The molecule has 1 saturated heterocycles. The minimum Gasteiger partial charge on any atom is -0.565 e. The van der Waals surface area contributed by atoms with E-state index in [1.165, 1.54) is 11.3 Å². The highest BCUT2D eigenvalue weighted by Crippen LogP contribution is 2.28. The highest BCUT2D eigenvalue weighted by Gasteiger charge is 2.32. The van der Waals surface area contributed by atoms with Crippen molar-refractivity contribution in [1.82, 2.24) is 9.80 Å². The Morgan fingerprint density at radius 2 is 1.88 bits per heavy atom. The van der Waals surface area contributed by atoms with Gasteiger partial charge in [-0.2, -0.15) is 0 Å². The minimum atomic E-state index is -0.499. The number of likely N-dealkylation sites (tertiary alicyclic amines) is 1. The summed E-state index contributed by atoms with van der Waals surface area (Å²) in [4.78, 5) is 28.3. The van der Waals surface area contributed by atoms with Crippen LogP contribution in [0.1, 0.15) is 64.9 Å². The molecule has 2 heterocycles. The first kappa shape index (κ1) is 24.4. The van der Waals surface area contributed by atoms with Gasteiger partial charge in [-0.1, -0.05) is 18.2 Å². The number of anilines is 1. The molecule has 32 heavy (non-hydrogen) atoms. The zero-order chi connectivity index (χ0) is 23.1. The molecule has 1 amide bonds. The van der Waals surface area contributed by atoms with Crippen molar-refractivity contribution in [2.24, 2.45) is 5.92 Å². The second-order valence-electron chi connectivity index (χ2n) is 10.2. The van der Waals surface area contributed by atoms with Gasteiger partial charge in [0.1, 0.15) is 12.0 Å². The first-order chi connectivity index (χ1) is 15.2. The number of hydrogen-bond donors (Lipinski definition) is 1. The Balaban J connectivity index is 1.59. The second kappa shape index (κ2) is 11.0. The summed E-state index contributed by atoms with van der Waals surface area (Å²) in [6.07, 6.45) is 5.98. The Labute approximate surface area is 192 Å². The van der Waals surface area contributed by atoms with Crippen LogP contribution in [0.3, 0.4) is 0 Å². The van der Waals surface area contributed by atoms with E-state index in [9.17, 15) is 9.59 Å². The van der Waals surface area contributed by atoms with Gasteiger partial charge in [0.2, 0.25) is 0 Å². The van der Waals surface area contributed by atoms with Crippen LogP contribution < -0.4 is 5.32 Å². The Kier molecular flexibility index (Phi) is 8.40. The number of hydrogen-bond acceptors (Lipinski definition) is 5. The summed E-state index contributed by atoms with van der Waals surface area (Å²) < 4.78 is 5.51. The molecule has 178 valence electrons. The quantitative estimate of drug-likeness (QED) is 0.697. The van der Waals surface area contributed by atoms with Crippen LogP contribution in [0.15, 0.2) is 24.3 Å². The first-order valence-corrected chi connectivity index (χ1v) is 12.0. The number of para-hydroxylation sites is 1. The Hall–Kier alpha value is -2.28. The summed E-state index contributed by atoms with van der Waals surface area (Å²) in [5, 5.41) is 11.2. The van der Waals surface area contributed by atoms with Crippen LogP contribution in [-0.2, 0) is 16.0 Å². The number of amides is 1. The van der Waals surface area contributed by atoms with E-state index < -0.39 is 11.6 Å². The molecule has 0 aliphatic carbocycles. The molecule has 0 radical (unpaired) electrons. The van der Waals surface area contributed by atoms with Crippen molar-refractivity contribution >= 4 is 17.7 Å². The Morgan fingerprint density at radius 1 is 1.16 bits per heavy atom. The number of benzene rings is 1. The van der Waals surface area contributed by atoms with E-state index in [2.05, 4.69) is 34.5 Å². The van der Waals surface area contributed by atoms with Gasteiger partial charge in [-0.3, -0.25) is 4.90 Å². The number of nitrogens with zero attached hydrogens (tertiary/aromatic N) is 2. The number of fused-ring (bicyclic) bond motifs is 1. The zero-order valence-electron chi connectivity index (χ0n) is 19.9. The van der Waals surface area contributed by atoms with Crippen molar-refractivity contribution in [3.63, 3.8) is 0 Å². The smallest absolute Gasteiger partial charge is 0.517 e. The van der Waals surface area contributed by atoms with E-state index in [0.717, 1.165) is 45.1 Å². The van der Waals surface area contributed by atoms with E-state index >= 15 is 0 Å². The molecule has 2 aliphatic heterocycles. The highest BCUT2D eigenvalue weighted by atomic mass is 16.6. The van der Waals surface area contributed by atoms with E-state index in [4.69, 9.17) is 9.84 Å². The van der Waals surface area contributed by atoms with Crippen molar-refractivity contribution in [2.45, 2.75) is 77.4 Å². The molecule has 0 aromatic heterocycles. The van der Waals surface area contributed by atoms with Crippen molar-refractivity contribution < 1.29 is 19.4 Å². The largest absolute Gasteiger partial charge is 0.565 e. The van der Waals surface area contributed by atoms with Gasteiger partial charge in [0.05, 0.1) is 6.67 Å². The maximum Gasteiger partial charge on any atom is 0.517 e. The van der Waals surface area contributed by atoms with Crippen molar-refractivity contribution in [3.05, 3.63) is 29.8 Å². The number of carbonyl (C=O) groups excluding carboxylic acids is 2. The standard InChI is InChI=1S/C25H39N3O4/c1-25(2,3)32-24(31)27-14-11-19(12-15-27)16-21(17-23(29)30)28-13-7-6-9-20-8-4-5-10-22(20)26-18-28/h4-5,8,10,19,21,26H,6-7,9,11-18H2,1-3H3,(H,29,30)/p+1/t21-/m0/s1. The number of rotatable bonds is 5. The van der Waals surface area contributed by atoms with Gasteiger partial charge in [0.15, 0.2) is 0 Å². The van der Waals surface area contributed by atoms with Crippen LogP contribution in [0.5, 0.6) is 0 Å².